The monoisotopic (exact) mass is 366 g/mol. The summed E-state index contributed by atoms with van der Waals surface area (Å²) >= 11 is 0. The van der Waals surface area contributed by atoms with Crippen molar-refractivity contribution in [1.29, 1.82) is 0 Å². The first kappa shape index (κ1) is 19.0. The maximum Gasteiger partial charge on any atom is 0.244 e. The molecule has 142 valence electrons. The first-order chi connectivity index (χ1) is 13.1. The third-order valence-electron chi connectivity index (χ3n) is 4.93. The molecule has 1 N–H and O–H groups in total. The Morgan fingerprint density at radius 3 is 2.48 bits per heavy atom. The van der Waals surface area contributed by atoms with Crippen molar-refractivity contribution in [1.82, 2.24) is 5.43 Å². The van der Waals surface area contributed by atoms with Crippen LogP contribution >= 0.6 is 0 Å². The fraction of sp³-hybridized carbons (Fsp3) is 0.364. The number of carbonyl (C=O) groups is 1. The maximum absolute atomic E-state index is 12.2. The molecule has 0 aliphatic heterocycles. The summed E-state index contributed by atoms with van der Waals surface area (Å²) in [6.45, 7) is 1.92. The van der Waals surface area contributed by atoms with Crippen LogP contribution in [0.25, 0.3) is 0 Å². The van der Waals surface area contributed by atoms with E-state index in [1.54, 1.807) is 26.4 Å². The van der Waals surface area contributed by atoms with Gasteiger partial charge in [-0.25, -0.2) is 5.43 Å². The lowest BCUT2D eigenvalue weighted by molar-refractivity contribution is -0.120. The van der Waals surface area contributed by atoms with Crippen molar-refractivity contribution in [2.75, 3.05) is 14.2 Å². The number of hydrogen-bond acceptors (Lipinski definition) is 4. The molecule has 5 heteroatoms. The summed E-state index contributed by atoms with van der Waals surface area (Å²) in [6.07, 6.45) is 5.03. The molecule has 1 aliphatic carbocycles. The SMILES string of the molecule is COc1ccc(CC(=O)NN=C(C)c2ccc3c(c2)CCCC3)cc1OC. The van der Waals surface area contributed by atoms with Crippen molar-refractivity contribution >= 4 is 11.6 Å². The lowest BCUT2D eigenvalue weighted by atomic mass is 9.90. The van der Waals surface area contributed by atoms with Gasteiger partial charge in [-0.05, 0) is 73.1 Å². The standard InChI is InChI=1S/C22H26N2O3/c1-15(18-10-9-17-6-4-5-7-19(17)14-18)23-24-22(25)13-16-8-11-20(26-2)21(12-16)27-3/h8-12,14H,4-7,13H2,1-3H3,(H,24,25). The van der Waals surface area contributed by atoms with Crippen LogP contribution < -0.4 is 14.9 Å². The van der Waals surface area contributed by atoms with Gasteiger partial charge in [0.1, 0.15) is 0 Å². The number of methoxy groups -OCH3 is 2. The molecule has 0 bridgehead atoms. The molecule has 27 heavy (non-hydrogen) atoms. The average Bonchev–Trinajstić information content (AvgIpc) is 2.71. The van der Waals surface area contributed by atoms with Gasteiger partial charge in [0, 0.05) is 0 Å². The molecule has 2 aromatic carbocycles. The van der Waals surface area contributed by atoms with Crippen LogP contribution in [-0.4, -0.2) is 25.8 Å². The highest BCUT2D eigenvalue weighted by Crippen LogP contribution is 2.27. The normalized spacial score (nSPS) is 13.7. The second-order valence-electron chi connectivity index (χ2n) is 6.79. The fourth-order valence-corrected chi connectivity index (χ4v) is 3.38. The molecule has 1 aliphatic rings. The number of nitrogens with zero attached hydrogens (tertiary/aromatic N) is 1. The predicted octanol–water partition coefficient (Wildman–Crippen LogP) is 3.67. The molecule has 0 atom stereocenters. The summed E-state index contributed by atoms with van der Waals surface area (Å²) in [5.74, 6) is 1.08. The molecule has 0 radical (unpaired) electrons. The van der Waals surface area contributed by atoms with Crippen LogP contribution in [0.2, 0.25) is 0 Å². The van der Waals surface area contributed by atoms with Gasteiger partial charge in [-0.3, -0.25) is 4.79 Å². The lowest BCUT2D eigenvalue weighted by Crippen LogP contribution is -2.21. The van der Waals surface area contributed by atoms with Crippen LogP contribution in [0.15, 0.2) is 41.5 Å². The lowest BCUT2D eigenvalue weighted by Gasteiger charge is -2.16. The molecule has 2 aromatic rings. The molecule has 0 unspecified atom stereocenters. The topological polar surface area (TPSA) is 59.9 Å². The summed E-state index contributed by atoms with van der Waals surface area (Å²) in [7, 11) is 3.16. The second kappa shape index (κ2) is 8.71. The first-order valence-corrected chi connectivity index (χ1v) is 9.27. The second-order valence-corrected chi connectivity index (χ2v) is 6.79. The number of benzene rings is 2. The molecule has 3 rings (SSSR count). The molecule has 0 saturated carbocycles. The number of rotatable bonds is 6. The summed E-state index contributed by atoms with van der Waals surface area (Å²) in [6, 6.07) is 11.9. The molecule has 0 saturated heterocycles. The minimum Gasteiger partial charge on any atom is -0.493 e. The Balaban J connectivity index is 1.64. The Morgan fingerprint density at radius 2 is 1.74 bits per heavy atom. The molecule has 5 nitrogen and oxygen atoms in total. The minimum absolute atomic E-state index is 0.167. The third kappa shape index (κ3) is 4.67. The van der Waals surface area contributed by atoms with E-state index in [1.807, 2.05) is 13.0 Å². The van der Waals surface area contributed by atoms with Crippen LogP contribution in [0.5, 0.6) is 11.5 Å². The van der Waals surface area contributed by atoms with E-state index in [2.05, 4.69) is 28.7 Å². The predicted molar refractivity (Wildman–Crippen MR) is 107 cm³/mol. The van der Waals surface area contributed by atoms with Gasteiger partial charge in [0.25, 0.3) is 0 Å². The molecule has 0 aromatic heterocycles. The Morgan fingerprint density at radius 1 is 1.00 bits per heavy atom. The van der Waals surface area contributed by atoms with E-state index >= 15 is 0 Å². The molecule has 1 amide bonds. The number of carbonyl (C=O) groups excluding carboxylic acids is 1. The fourth-order valence-electron chi connectivity index (χ4n) is 3.38. The van der Waals surface area contributed by atoms with Gasteiger partial charge in [-0.2, -0.15) is 5.10 Å². The molecule has 0 fully saturated rings. The smallest absolute Gasteiger partial charge is 0.244 e. The molecule has 0 spiro atoms. The third-order valence-corrected chi connectivity index (χ3v) is 4.93. The van der Waals surface area contributed by atoms with E-state index in [0.29, 0.717) is 11.5 Å². The zero-order valence-electron chi connectivity index (χ0n) is 16.2. The van der Waals surface area contributed by atoms with Crippen LogP contribution in [0.1, 0.15) is 42.0 Å². The summed E-state index contributed by atoms with van der Waals surface area (Å²) in [5, 5.41) is 4.28. The number of ether oxygens (including phenoxy) is 2. The zero-order valence-corrected chi connectivity index (χ0v) is 16.2. The number of nitrogens with one attached hydrogen (secondary N) is 1. The van der Waals surface area contributed by atoms with Gasteiger partial charge >= 0.3 is 0 Å². The van der Waals surface area contributed by atoms with Crippen LogP contribution in [-0.2, 0) is 24.1 Å². The van der Waals surface area contributed by atoms with Crippen molar-refractivity contribution in [2.45, 2.75) is 39.0 Å². The maximum atomic E-state index is 12.2. The van der Waals surface area contributed by atoms with Crippen LogP contribution in [0.3, 0.4) is 0 Å². The largest absolute Gasteiger partial charge is 0.493 e. The van der Waals surface area contributed by atoms with Gasteiger partial charge in [0.2, 0.25) is 5.91 Å². The Labute approximate surface area is 160 Å². The molecular weight excluding hydrogens is 340 g/mol. The van der Waals surface area contributed by atoms with E-state index in [0.717, 1.165) is 29.7 Å². The highest BCUT2D eigenvalue weighted by molar-refractivity contribution is 5.99. The van der Waals surface area contributed by atoms with E-state index in [-0.39, 0.29) is 12.3 Å². The molecule has 0 heterocycles. The van der Waals surface area contributed by atoms with Crippen LogP contribution in [0.4, 0.5) is 0 Å². The Hall–Kier alpha value is -2.82. The van der Waals surface area contributed by atoms with Crippen molar-refractivity contribution in [2.24, 2.45) is 5.10 Å². The first-order valence-electron chi connectivity index (χ1n) is 9.27. The summed E-state index contributed by atoms with van der Waals surface area (Å²) < 4.78 is 10.5. The number of fused-ring (bicyclic) bond motifs is 1. The average molecular weight is 366 g/mol. The number of aryl methyl sites for hydroxylation is 2. The van der Waals surface area contributed by atoms with Crippen molar-refractivity contribution in [3.8, 4) is 11.5 Å². The minimum atomic E-state index is -0.167. The van der Waals surface area contributed by atoms with Crippen molar-refractivity contribution in [3.63, 3.8) is 0 Å². The molecular formula is C22H26N2O3. The van der Waals surface area contributed by atoms with Crippen molar-refractivity contribution in [3.05, 3.63) is 58.7 Å². The summed E-state index contributed by atoms with van der Waals surface area (Å²) in [5.41, 5.74) is 8.21. The zero-order chi connectivity index (χ0) is 19.2. The van der Waals surface area contributed by atoms with E-state index in [4.69, 9.17) is 9.47 Å². The number of hydrazone groups is 1. The van der Waals surface area contributed by atoms with Gasteiger partial charge < -0.3 is 9.47 Å². The quantitative estimate of drug-likeness (QED) is 0.627. The van der Waals surface area contributed by atoms with E-state index < -0.39 is 0 Å². The number of amides is 1. The van der Waals surface area contributed by atoms with Gasteiger partial charge in [-0.15, -0.1) is 0 Å². The highest BCUT2D eigenvalue weighted by atomic mass is 16.5. The van der Waals surface area contributed by atoms with Gasteiger partial charge in [-0.1, -0.05) is 18.2 Å². The number of hydrogen-bond donors (Lipinski definition) is 1. The van der Waals surface area contributed by atoms with Gasteiger partial charge in [0.15, 0.2) is 11.5 Å². The summed E-state index contributed by atoms with van der Waals surface area (Å²) in [4.78, 5) is 12.2. The highest BCUT2D eigenvalue weighted by Gasteiger charge is 2.11. The van der Waals surface area contributed by atoms with E-state index in [9.17, 15) is 4.79 Å². The van der Waals surface area contributed by atoms with Crippen LogP contribution in [0, 0.1) is 0 Å². The van der Waals surface area contributed by atoms with Gasteiger partial charge in [0.05, 0.1) is 26.4 Å². The Kier molecular flexibility index (Phi) is 6.12. The Bertz CT molecular complexity index is 859. The van der Waals surface area contributed by atoms with E-state index in [1.165, 1.54) is 24.0 Å². The van der Waals surface area contributed by atoms with Crippen molar-refractivity contribution < 1.29 is 14.3 Å².